The topological polar surface area (TPSA) is 18.1 Å². The smallest absolute Gasteiger partial charge is 0.136 e. The number of halogens is 1. The lowest BCUT2D eigenvalue weighted by Crippen LogP contribution is -1.92. The number of nitrogens with zero attached hydrogens (tertiary/aromatic N) is 1. The Kier molecular flexibility index (Phi) is 3.93. The molecule has 3 heteroatoms. The maximum atomic E-state index is 6.52. The minimum absolute atomic E-state index is 0.713. The third-order valence-electron chi connectivity index (χ3n) is 6.46. The van der Waals surface area contributed by atoms with E-state index in [0.29, 0.717) is 5.02 Å². The van der Waals surface area contributed by atoms with Gasteiger partial charge < -0.3 is 8.98 Å². The number of furan rings is 1. The molecular formula is C30H18ClNO. The van der Waals surface area contributed by atoms with E-state index < -0.39 is 0 Å². The van der Waals surface area contributed by atoms with Gasteiger partial charge >= 0.3 is 0 Å². The molecule has 0 radical (unpaired) electrons. The summed E-state index contributed by atoms with van der Waals surface area (Å²) in [4.78, 5) is 0. The molecule has 0 aliphatic rings. The van der Waals surface area contributed by atoms with E-state index in [1.165, 1.54) is 27.4 Å². The summed E-state index contributed by atoms with van der Waals surface area (Å²) in [6.07, 6.45) is 0. The average Bonchev–Trinajstić information content (AvgIpc) is 3.40. The van der Waals surface area contributed by atoms with Gasteiger partial charge in [-0.2, -0.15) is 0 Å². The van der Waals surface area contributed by atoms with Gasteiger partial charge in [0.05, 0.1) is 16.1 Å². The van der Waals surface area contributed by atoms with Crippen LogP contribution in [0.15, 0.2) is 114 Å². The van der Waals surface area contributed by atoms with Crippen molar-refractivity contribution in [2.45, 2.75) is 0 Å². The highest BCUT2D eigenvalue weighted by Gasteiger charge is 2.14. The minimum atomic E-state index is 0.713. The van der Waals surface area contributed by atoms with Crippen LogP contribution >= 0.6 is 11.6 Å². The van der Waals surface area contributed by atoms with Gasteiger partial charge in [0.2, 0.25) is 0 Å². The molecule has 7 aromatic rings. The van der Waals surface area contributed by atoms with E-state index in [9.17, 15) is 0 Å². The molecule has 0 atom stereocenters. The molecule has 2 nitrogen and oxygen atoms in total. The maximum Gasteiger partial charge on any atom is 0.136 e. The summed E-state index contributed by atoms with van der Waals surface area (Å²) in [6.45, 7) is 0. The Bertz CT molecular complexity index is 1830. The van der Waals surface area contributed by atoms with E-state index in [1.54, 1.807) is 0 Å². The normalized spacial score (nSPS) is 11.8. The lowest BCUT2D eigenvalue weighted by Gasteiger charge is -2.08. The van der Waals surface area contributed by atoms with Crippen LogP contribution in [0.5, 0.6) is 0 Å². The van der Waals surface area contributed by atoms with Gasteiger partial charge in [0, 0.05) is 27.2 Å². The van der Waals surface area contributed by atoms with E-state index in [0.717, 1.165) is 33.2 Å². The molecule has 0 amide bonds. The molecule has 156 valence electrons. The first-order chi connectivity index (χ1) is 16.3. The standard InChI is InChI=1S/C30H18ClNO/c31-25-10-6-12-29-30(25)24-18-20(14-16-28(24)33-29)19-13-15-27-23(17-19)22-9-4-5-11-26(22)32(27)21-7-2-1-3-8-21/h1-18H. The van der Waals surface area contributed by atoms with Crippen LogP contribution < -0.4 is 0 Å². The third-order valence-corrected chi connectivity index (χ3v) is 6.78. The van der Waals surface area contributed by atoms with E-state index in [4.69, 9.17) is 16.0 Å². The molecule has 0 aliphatic carbocycles. The van der Waals surface area contributed by atoms with Gasteiger partial charge in [0.1, 0.15) is 11.2 Å². The highest BCUT2D eigenvalue weighted by molar-refractivity contribution is 6.37. The number of fused-ring (bicyclic) bond motifs is 6. The zero-order valence-corrected chi connectivity index (χ0v) is 18.4. The zero-order valence-electron chi connectivity index (χ0n) is 17.6. The van der Waals surface area contributed by atoms with Crippen LogP contribution in [0.25, 0.3) is 60.6 Å². The monoisotopic (exact) mass is 443 g/mol. The predicted molar refractivity (Wildman–Crippen MR) is 139 cm³/mol. The van der Waals surface area contributed by atoms with E-state index in [-0.39, 0.29) is 0 Å². The van der Waals surface area contributed by atoms with Crippen LogP contribution in [-0.4, -0.2) is 4.57 Å². The van der Waals surface area contributed by atoms with Gasteiger partial charge in [-0.3, -0.25) is 0 Å². The number of hydrogen-bond acceptors (Lipinski definition) is 1. The van der Waals surface area contributed by atoms with Crippen LogP contribution in [-0.2, 0) is 0 Å². The largest absolute Gasteiger partial charge is 0.456 e. The first kappa shape index (κ1) is 18.6. The Morgan fingerprint density at radius 1 is 0.545 bits per heavy atom. The summed E-state index contributed by atoms with van der Waals surface area (Å²) in [5, 5.41) is 5.21. The number of hydrogen-bond donors (Lipinski definition) is 0. The Morgan fingerprint density at radius 3 is 2.15 bits per heavy atom. The van der Waals surface area contributed by atoms with Gasteiger partial charge in [0.15, 0.2) is 0 Å². The van der Waals surface area contributed by atoms with Gasteiger partial charge in [-0.05, 0) is 65.7 Å². The van der Waals surface area contributed by atoms with Crippen molar-refractivity contribution in [2.75, 3.05) is 0 Å². The molecule has 0 bridgehead atoms. The van der Waals surface area contributed by atoms with Gasteiger partial charge in [-0.1, -0.05) is 66.2 Å². The lowest BCUT2D eigenvalue weighted by molar-refractivity contribution is 0.669. The molecular weight excluding hydrogens is 426 g/mol. The van der Waals surface area contributed by atoms with Crippen molar-refractivity contribution in [3.05, 3.63) is 114 Å². The van der Waals surface area contributed by atoms with Crippen molar-refractivity contribution in [1.29, 1.82) is 0 Å². The molecule has 0 spiro atoms. The second kappa shape index (κ2) is 6.99. The predicted octanol–water partition coefficient (Wildman–Crippen LogP) is 9.00. The quantitative estimate of drug-likeness (QED) is 0.260. The fraction of sp³-hybridized carbons (Fsp3) is 0. The molecule has 0 aliphatic heterocycles. The number of rotatable bonds is 2. The molecule has 0 saturated heterocycles. The second-order valence-corrected chi connectivity index (χ2v) is 8.75. The Balaban J connectivity index is 1.49. The van der Waals surface area contributed by atoms with Gasteiger partial charge in [0.25, 0.3) is 0 Å². The summed E-state index contributed by atoms with van der Waals surface area (Å²) >= 11 is 6.52. The minimum Gasteiger partial charge on any atom is -0.456 e. The fourth-order valence-corrected chi connectivity index (χ4v) is 5.24. The Hall–Kier alpha value is -4.01. The molecule has 2 heterocycles. The van der Waals surface area contributed by atoms with Crippen LogP contribution in [0, 0.1) is 0 Å². The second-order valence-electron chi connectivity index (χ2n) is 8.35. The van der Waals surface area contributed by atoms with Crippen molar-refractivity contribution in [3.8, 4) is 16.8 Å². The fourth-order valence-electron chi connectivity index (χ4n) is 4.97. The summed E-state index contributed by atoms with van der Waals surface area (Å²) in [7, 11) is 0. The number of benzene rings is 5. The van der Waals surface area contributed by atoms with Crippen molar-refractivity contribution in [1.82, 2.24) is 4.57 Å². The third kappa shape index (κ3) is 2.75. The van der Waals surface area contributed by atoms with E-state index in [2.05, 4.69) is 89.5 Å². The average molecular weight is 444 g/mol. The van der Waals surface area contributed by atoms with Crippen molar-refractivity contribution < 1.29 is 4.42 Å². The molecule has 0 N–H and O–H groups in total. The highest BCUT2D eigenvalue weighted by atomic mass is 35.5. The van der Waals surface area contributed by atoms with Crippen LogP contribution in [0.4, 0.5) is 0 Å². The first-order valence-corrected chi connectivity index (χ1v) is 11.4. The maximum absolute atomic E-state index is 6.52. The SMILES string of the molecule is Clc1cccc2oc3ccc(-c4ccc5c(c4)c4ccccc4n5-c4ccccc4)cc3c12. The van der Waals surface area contributed by atoms with E-state index >= 15 is 0 Å². The summed E-state index contributed by atoms with van der Waals surface area (Å²) in [5.74, 6) is 0. The molecule has 7 rings (SSSR count). The molecule has 2 aromatic heterocycles. The molecule has 0 saturated carbocycles. The van der Waals surface area contributed by atoms with Crippen molar-refractivity contribution in [3.63, 3.8) is 0 Å². The van der Waals surface area contributed by atoms with Gasteiger partial charge in [-0.25, -0.2) is 0 Å². The summed E-state index contributed by atoms with van der Waals surface area (Å²) < 4.78 is 8.35. The van der Waals surface area contributed by atoms with Crippen molar-refractivity contribution >= 4 is 55.3 Å². The molecule has 5 aromatic carbocycles. The van der Waals surface area contributed by atoms with Crippen molar-refractivity contribution in [2.24, 2.45) is 0 Å². The number of aromatic nitrogens is 1. The first-order valence-electron chi connectivity index (χ1n) is 11.0. The summed E-state index contributed by atoms with van der Waals surface area (Å²) in [6, 6.07) is 38.0. The lowest BCUT2D eigenvalue weighted by atomic mass is 10.0. The van der Waals surface area contributed by atoms with E-state index in [1.807, 2.05) is 24.3 Å². The van der Waals surface area contributed by atoms with Crippen LogP contribution in [0.3, 0.4) is 0 Å². The van der Waals surface area contributed by atoms with Gasteiger partial charge in [-0.15, -0.1) is 0 Å². The highest BCUT2D eigenvalue weighted by Crippen LogP contribution is 2.38. The molecule has 0 fully saturated rings. The van der Waals surface area contributed by atoms with Crippen LogP contribution in [0.1, 0.15) is 0 Å². The number of para-hydroxylation sites is 2. The van der Waals surface area contributed by atoms with Crippen LogP contribution in [0.2, 0.25) is 5.02 Å². The Labute approximate surface area is 195 Å². The Morgan fingerprint density at radius 2 is 1.27 bits per heavy atom. The molecule has 0 unspecified atom stereocenters. The molecule has 33 heavy (non-hydrogen) atoms. The zero-order chi connectivity index (χ0) is 21.9. The summed E-state index contributed by atoms with van der Waals surface area (Å²) in [5.41, 5.74) is 7.55.